The molecule has 3 rings (SSSR count). The first kappa shape index (κ1) is 15.4. The number of methoxy groups -OCH3 is 2. The topological polar surface area (TPSA) is 50.7 Å². The van der Waals surface area contributed by atoms with Crippen LogP contribution in [0.1, 0.15) is 5.56 Å². The van der Waals surface area contributed by atoms with Crippen LogP contribution in [0.4, 0.5) is 11.6 Å². The fourth-order valence-corrected chi connectivity index (χ4v) is 2.73. The zero-order valence-corrected chi connectivity index (χ0v) is 13.8. The number of hydrogen-bond acceptors (Lipinski definition) is 6. The SMILES string of the molecule is COc1cc(OC)nc(N2CCN(c3cccc(C)c3)CC2)n1. The zero-order valence-electron chi connectivity index (χ0n) is 13.8. The molecule has 0 radical (unpaired) electrons. The Hall–Kier alpha value is -2.50. The highest BCUT2D eigenvalue weighted by molar-refractivity contribution is 5.50. The molecule has 1 aliphatic rings. The van der Waals surface area contributed by atoms with Gasteiger partial charge in [-0.25, -0.2) is 0 Å². The Kier molecular flexibility index (Phi) is 4.50. The summed E-state index contributed by atoms with van der Waals surface area (Å²) in [6, 6.07) is 10.3. The van der Waals surface area contributed by atoms with E-state index in [1.807, 2.05) is 0 Å². The van der Waals surface area contributed by atoms with Crippen LogP contribution in [0.5, 0.6) is 11.8 Å². The first-order valence-corrected chi connectivity index (χ1v) is 7.73. The molecular weight excluding hydrogens is 292 g/mol. The summed E-state index contributed by atoms with van der Waals surface area (Å²) < 4.78 is 10.4. The molecule has 6 nitrogen and oxygen atoms in total. The molecule has 2 heterocycles. The van der Waals surface area contributed by atoms with Crippen LogP contribution in [-0.4, -0.2) is 50.4 Å². The number of benzene rings is 1. The standard InChI is InChI=1S/C17H22N4O2/c1-13-5-4-6-14(11-13)20-7-9-21(10-8-20)17-18-15(22-2)12-16(19-17)23-3/h4-6,11-12H,7-10H2,1-3H3. The number of rotatable bonds is 4. The average Bonchev–Trinajstić information content (AvgIpc) is 2.61. The van der Waals surface area contributed by atoms with Crippen molar-refractivity contribution >= 4 is 11.6 Å². The molecule has 1 fully saturated rings. The molecule has 6 heteroatoms. The number of piperazine rings is 1. The van der Waals surface area contributed by atoms with E-state index in [4.69, 9.17) is 9.47 Å². The van der Waals surface area contributed by atoms with Gasteiger partial charge in [-0.3, -0.25) is 0 Å². The van der Waals surface area contributed by atoms with Gasteiger partial charge in [0.2, 0.25) is 17.7 Å². The van der Waals surface area contributed by atoms with Crippen molar-refractivity contribution in [2.75, 3.05) is 50.2 Å². The normalized spacial score (nSPS) is 14.7. The Bertz CT molecular complexity index is 647. The van der Waals surface area contributed by atoms with E-state index in [1.165, 1.54) is 11.3 Å². The van der Waals surface area contributed by atoms with Crippen LogP contribution >= 0.6 is 0 Å². The van der Waals surface area contributed by atoms with E-state index < -0.39 is 0 Å². The van der Waals surface area contributed by atoms with E-state index in [0.29, 0.717) is 17.7 Å². The third-order valence-electron chi connectivity index (χ3n) is 4.01. The number of aromatic nitrogens is 2. The molecule has 0 bridgehead atoms. The zero-order chi connectivity index (χ0) is 16.2. The van der Waals surface area contributed by atoms with Crippen LogP contribution in [0.2, 0.25) is 0 Å². The smallest absolute Gasteiger partial charge is 0.232 e. The Morgan fingerprint density at radius 3 is 2.04 bits per heavy atom. The van der Waals surface area contributed by atoms with Crippen molar-refractivity contribution in [2.45, 2.75) is 6.92 Å². The molecule has 1 aromatic heterocycles. The van der Waals surface area contributed by atoms with Gasteiger partial charge in [0.25, 0.3) is 0 Å². The third kappa shape index (κ3) is 3.47. The van der Waals surface area contributed by atoms with Crippen LogP contribution < -0.4 is 19.3 Å². The second-order valence-corrected chi connectivity index (χ2v) is 5.57. The third-order valence-corrected chi connectivity index (χ3v) is 4.01. The van der Waals surface area contributed by atoms with E-state index in [2.05, 4.69) is 51.0 Å². The maximum Gasteiger partial charge on any atom is 0.232 e. The molecule has 0 atom stereocenters. The van der Waals surface area contributed by atoms with Gasteiger partial charge in [-0.2, -0.15) is 9.97 Å². The summed E-state index contributed by atoms with van der Waals surface area (Å²) in [4.78, 5) is 13.4. The molecule has 122 valence electrons. The van der Waals surface area contributed by atoms with Crippen LogP contribution in [0.15, 0.2) is 30.3 Å². The maximum absolute atomic E-state index is 5.22. The summed E-state index contributed by atoms with van der Waals surface area (Å²) in [6.45, 7) is 5.73. The molecule has 0 amide bonds. The van der Waals surface area contributed by atoms with Crippen LogP contribution in [0.25, 0.3) is 0 Å². The molecule has 0 saturated carbocycles. The van der Waals surface area contributed by atoms with Crippen molar-refractivity contribution < 1.29 is 9.47 Å². The van der Waals surface area contributed by atoms with Gasteiger partial charge in [0.1, 0.15) is 0 Å². The van der Waals surface area contributed by atoms with Gasteiger partial charge in [0.15, 0.2) is 0 Å². The van der Waals surface area contributed by atoms with Crippen LogP contribution in [0, 0.1) is 6.92 Å². The molecule has 1 saturated heterocycles. The Labute approximate surface area is 136 Å². The van der Waals surface area contributed by atoms with Gasteiger partial charge in [-0.15, -0.1) is 0 Å². The number of aryl methyl sites for hydroxylation is 1. The highest BCUT2D eigenvalue weighted by atomic mass is 16.5. The van der Waals surface area contributed by atoms with E-state index in [9.17, 15) is 0 Å². The number of hydrogen-bond donors (Lipinski definition) is 0. The van der Waals surface area contributed by atoms with Crippen molar-refractivity contribution in [1.82, 2.24) is 9.97 Å². The van der Waals surface area contributed by atoms with Gasteiger partial charge < -0.3 is 19.3 Å². The minimum absolute atomic E-state index is 0.521. The first-order valence-electron chi connectivity index (χ1n) is 7.73. The minimum atomic E-state index is 0.521. The second-order valence-electron chi connectivity index (χ2n) is 5.57. The fraction of sp³-hybridized carbons (Fsp3) is 0.412. The van der Waals surface area contributed by atoms with Gasteiger partial charge in [0.05, 0.1) is 20.3 Å². The summed E-state index contributed by atoms with van der Waals surface area (Å²) in [6.07, 6.45) is 0. The lowest BCUT2D eigenvalue weighted by molar-refractivity contribution is 0.371. The van der Waals surface area contributed by atoms with E-state index >= 15 is 0 Å². The van der Waals surface area contributed by atoms with Gasteiger partial charge >= 0.3 is 0 Å². The molecule has 1 aliphatic heterocycles. The quantitative estimate of drug-likeness (QED) is 0.862. The van der Waals surface area contributed by atoms with Gasteiger partial charge in [-0.1, -0.05) is 12.1 Å². The highest BCUT2D eigenvalue weighted by Crippen LogP contribution is 2.23. The van der Waals surface area contributed by atoms with Gasteiger partial charge in [0, 0.05) is 31.9 Å². The molecule has 1 aromatic carbocycles. The molecule has 0 aliphatic carbocycles. The summed E-state index contributed by atoms with van der Waals surface area (Å²) in [7, 11) is 3.20. The highest BCUT2D eigenvalue weighted by Gasteiger charge is 2.20. The van der Waals surface area contributed by atoms with Crippen LogP contribution in [-0.2, 0) is 0 Å². The molecule has 2 aromatic rings. The monoisotopic (exact) mass is 314 g/mol. The lowest BCUT2D eigenvalue weighted by Gasteiger charge is -2.36. The van der Waals surface area contributed by atoms with Crippen LogP contribution in [0.3, 0.4) is 0 Å². The molecule has 0 spiro atoms. The van der Waals surface area contributed by atoms with Crippen molar-refractivity contribution in [1.29, 1.82) is 0 Å². The maximum atomic E-state index is 5.22. The van der Waals surface area contributed by atoms with Crippen molar-refractivity contribution in [2.24, 2.45) is 0 Å². The second kappa shape index (κ2) is 6.73. The molecule has 0 unspecified atom stereocenters. The van der Waals surface area contributed by atoms with Crippen molar-refractivity contribution in [3.8, 4) is 11.8 Å². The van der Waals surface area contributed by atoms with Gasteiger partial charge in [-0.05, 0) is 24.6 Å². The Morgan fingerprint density at radius 1 is 0.870 bits per heavy atom. The lowest BCUT2D eigenvalue weighted by Crippen LogP contribution is -2.47. The van der Waals surface area contributed by atoms with E-state index in [1.54, 1.807) is 20.3 Å². The number of ether oxygens (including phenoxy) is 2. The lowest BCUT2D eigenvalue weighted by atomic mass is 10.2. The molecular formula is C17H22N4O2. The summed E-state index contributed by atoms with van der Waals surface area (Å²) in [5.41, 5.74) is 2.56. The fourth-order valence-electron chi connectivity index (χ4n) is 2.73. The number of nitrogens with zero attached hydrogens (tertiary/aromatic N) is 4. The summed E-state index contributed by atoms with van der Waals surface area (Å²) in [5.74, 6) is 1.70. The summed E-state index contributed by atoms with van der Waals surface area (Å²) in [5, 5.41) is 0. The largest absolute Gasteiger partial charge is 0.481 e. The predicted octanol–water partition coefficient (Wildman–Crippen LogP) is 2.13. The number of anilines is 2. The van der Waals surface area contributed by atoms with Crippen molar-refractivity contribution in [3.63, 3.8) is 0 Å². The Morgan fingerprint density at radius 2 is 1.48 bits per heavy atom. The van der Waals surface area contributed by atoms with E-state index in [-0.39, 0.29) is 0 Å². The summed E-state index contributed by atoms with van der Waals surface area (Å²) >= 11 is 0. The average molecular weight is 314 g/mol. The molecule has 23 heavy (non-hydrogen) atoms. The Balaban J connectivity index is 1.71. The van der Waals surface area contributed by atoms with E-state index in [0.717, 1.165) is 26.2 Å². The van der Waals surface area contributed by atoms with Crippen molar-refractivity contribution in [3.05, 3.63) is 35.9 Å². The predicted molar refractivity (Wildman–Crippen MR) is 90.7 cm³/mol. The minimum Gasteiger partial charge on any atom is -0.481 e. The molecule has 0 N–H and O–H groups in total. The first-order chi connectivity index (χ1) is 11.2.